The summed E-state index contributed by atoms with van der Waals surface area (Å²) in [5.41, 5.74) is 1.87. The average Bonchev–Trinajstić information content (AvgIpc) is 3.40. The number of amides is 1. The number of carbonyl (C=O) groups is 1. The molecular weight excluding hydrogens is 310 g/mol. The summed E-state index contributed by atoms with van der Waals surface area (Å²) < 4.78 is 0. The summed E-state index contributed by atoms with van der Waals surface area (Å²) in [6.07, 6.45) is 2.07. The van der Waals surface area contributed by atoms with Crippen LogP contribution in [0.2, 0.25) is 0 Å². The topological polar surface area (TPSA) is 69.5 Å². The third-order valence-corrected chi connectivity index (χ3v) is 5.29. The van der Waals surface area contributed by atoms with Crippen molar-refractivity contribution in [3.63, 3.8) is 0 Å². The molecule has 1 aromatic rings. The van der Waals surface area contributed by atoms with E-state index in [0.29, 0.717) is 24.3 Å². The molecule has 0 radical (unpaired) electrons. The molecule has 0 unspecified atom stereocenters. The van der Waals surface area contributed by atoms with Gasteiger partial charge in [-0.05, 0) is 37.2 Å². The van der Waals surface area contributed by atoms with Crippen LogP contribution in [0, 0.1) is 23.2 Å². The molecule has 1 saturated carbocycles. The third-order valence-electron chi connectivity index (χ3n) is 5.29. The summed E-state index contributed by atoms with van der Waals surface area (Å²) in [5.74, 6) is 1.20. The predicted octanol–water partition coefficient (Wildman–Crippen LogP) is 2.88. The summed E-state index contributed by atoms with van der Waals surface area (Å²) in [6, 6.07) is 11.2. The highest BCUT2D eigenvalue weighted by molar-refractivity contribution is 5.78. The van der Waals surface area contributed by atoms with Crippen molar-refractivity contribution in [2.24, 2.45) is 11.8 Å². The lowest BCUT2D eigenvalue weighted by Crippen LogP contribution is -2.88. The highest BCUT2D eigenvalue weighted by atomic mass is 16.2. The van der Waals surface area contributed by atoms with Crippen molar-refractivity contribution >= 4 is 5.91 Å². The molecule has 4 heteroatoms. The Bertz CT molecular complexity index is 626. The predicted molar refractivity (Wildman–Crippen MR) is 99.8 cm³/mol. The SMILES string of the molecule is CC(C)c1ccc([C@@H]([NH2+]CC(=O)N[C@@](C)(C#N)C2CC2)C(C)C)cc1. The highest BCUT2D eigenvalue weighted by Gasteiger charge is 2.43. The molecule has 0 saturated heterocycles. The average molecular weight is 343 g/mol. The molecule has 2 rings (SSSR count). The largest absolute Gasteiger partial charge is 0.333 e. The van der Waals surface area contributed by atoms with Crippen LogP contribution < -0.4 is 10.6 Å². The summed E-state index contributed by atoms with van der Waals surface area (Å²) in [5, 5.41) is 14.4. The molecule has 1 aliphatic carbocycles. The zero-order valence-corrected chi connectivity index (χ0v) is 16.2. The van der Waals surface area contributed by atoms with E-state index in [4.69, 9.17) is 0 Å². The molecule has 25 heavy (non-hydrogen) atoms. The molecule has 3 N–H and O–H groups in total. The van der Waals surface area contributed by atoms with Crippen LogP contribution in [0.4, 0.5) is 0 Å². The van der Waals surface area contributed by atoms with Gasteiger partial charge >= 0.3 is 0 Å². The zero-order valence-electron chi connectivity index (χ0n) is 16.2. The number of benzene rings is 1. The van der Waals surface area contributed by atoms with Crippen molar-refractivity contribution < 1.29 is 10.1 Å². The van der Waals surface area contributed by atoms with E-state index in [0.717, 1.165) is 12.8 Å². The quantitative estimate of drug-likeness (QED) is 0.763. The second-order valence-corrected chi connectivity index (χ2v) is 8.17. The Morgan fingerprint density at radius 2 is 1.80 bits per heavy atom. The Kier molecular flexibility index (Phi) is 6.24. The molecule has 2 atom stereocenters. The van der Waals surface area contributed by atoms with Gasteiger partial charge in [0.05, 0.1) is 6.07 Å². The van der Waals surface area contributed by atoms with Gasteiger partial charge in [0.15, 0.2) is 6.54 Å². The molecular formula is C21H32N3O+. The van der Waals surface area contributed by atoms with E-state index in [9.17, 15) is 10.1 Å². The third kappa shape index (κ3) is 5.06. The summed E-state index contributed by atoms with van der Waals surface area (Å²) in [6.45, 7) is 10.9. The maximum atomic E-state index is 12.4. The van der Waals surface area contributed by atoms with E-state index in [1.165, 1.54) is 11.1 Å². The van der Waals surface area contributed by atoms with E-state index in [1.807, 2.05) is 6.92 Å². The van der Waals surface area contributed by atoms with E-state index in [-0.39, 0.29) is 11.9 Å². The maximum Gasteiger partial charge on any atom is 0.276 e. The van der Waals surface area contributed by atoms with Gasteiger partial charge in [0.25, 0.3) is 5.91 Å². The van der Waals surface area contributed by atoms with E-state index in [2.05, 4.69) is 68.7 Å². The van der Waals surface area contributed by atoms with E-state index < -0.39 is 5.54 Å². The number of nitrogens with two attached hydrogens (primary N) is 1. The lowest BCUT2D eigenvalue weighted by Gasteiger charge is -2.24. The number of quaternary nitrogens is 1. The fraction of sp³-hybridized carbons (Fsp3) is 0.619. The van der Waals surface area contributed by atoms with Crippen molar-refractivity contribution in [3.8, 4) is 6.07 Å². The van der Waals surface area contributed by atoms with E-state index in [1.54, 1.807) is 0 Å². The van der Waals surface area contributed by atoms with Crippen LogP contribution in [-0.4, -0.2) is 18.0 Å². The van der Waals surface area contributed by atoms with Gasteiger partial charge in [-0.15, -0.1) is 0 Å². The Morgan fingerprint density at radius 3 is 2.24 bits per heavy atom. The summed E-state index contributed by atoms with van der Waals surface area (Å²) >= 11 is 0. The van der Waals surface area contributed by atoms with Crippen LogP contribution >= 0.6 is 0 Å². The maximum absolute atomic E-state index is 12.4. The number of hydrogen-bond acceptors (Lipinski definition) is 2. The van der Waals surface area contributed by atoms with Crippen molar-refractivity contribution in [1.82, 2.24) is 5.32 Å². The molecule has 1 aromatic carbocycles. The van der Waals surface area contributed by atoms with Crippen LogP contribution in [0.3, 0.4) is 0 Å². The van der Waals surface area contributed by atoms with Gasteiger partial charge in [-0.25, -0.2) is 0 Å². The van der Waals surface area contributed by atoms with Gasteiger partial charge in [-0.2, -0.15) is 5.26 Å². The van der Waals surface area contributed by atoms with Crippen LogP contribution in [0.5, 0.6) is 0 Å². The van der Waals surface area contributed by atoms with Crippen molar-refractivity contribution in [1.29, 1.82) is 5.26 Å². The van der Waals surface area contributed by atoms with Crippen molar-refractivity contribution in [2.75, 3.05) is 6.54 Å². The molecule has 0 bridgehead atoms. The number of carbonyl (C=O) groups excluding carboxylic acids is 1. The van der Waals surface area contributed by atoms with Gasteiger partial charge in [0.1, 0.15) is 11.6 Å². The molecule has 0 aliphatic heterocycles. The number of hydrogen-bond donors (Lipinski definition) is 2. The molecule has 136 valence electrons. The van der Waals surface area contributed by atoms with Crippen LogP contribution in [0.1, 0.15) is 70.5 Å². The minimum Gasteiger partial charge on any atom is -0.333 e. The van der Waals surface area contributed by atoms with Crippen LogP contribution in [0.15, 0.2) is 24.3 Å². The first-order valence-corrected chi connectivity index (χ1v) is 9.42. The first-order chi connectivity index (χ1) is 11.8. The molecule has 0 heterocycles. The second kappa shape index (κ2) is 8.01. The number of nitrogens with one attached hydrogen (secondary N) is 1. The van der Waals surface area contributed by atoms with Crippen molar-refractivity contribution in [2.45, 2.75) is 65.0 Å². The molecule has 1 amide bonds. The highest BCUT2D eigenvalue weighted by Crippen LogP contribution is 2.39. The number of nitrogens with zero attached hydrogens (tertiary/aromatic N) is 1. The first-order valence-electron chi connectivity index (χ1n) is 9.42. The van der Waals surface area contributed by atoms with Crippen LogP contribution in [-0.2, 0) is 4.79 Å². The molecule has 4 nitrogen and oxygen atoms in total. The number of rotatable bonds is 8. The zero-order chi connectivity index (χ0) is 18.6. The molecule has 1 aliphatic rings. The number of nitriles is 1. The lowest BCUT2D eigenvalue weighted by atomic mass is 9.93. The Labute approximate surface area is 152 Å². The minimum absolute atomic E-state index is 0.0552. The van der Waals surface area contributed by atoms with Crippen molar-refractivity contribution in [3.05, 3.63) is 35.4 Å². The smallest absolute Gasteiger partial charge is 0.276 e. The first kappa shape index (κ1) is 19.5. The fourth-order valence-corrected chi connectivity index (χ4v) is 3.35. The molecule has 0 aromatic heterocycles. The Morgan fingerprint density at radius 1 is 1.24 bits per heavy atom. The molecule has 1 fully saturated rings. The normalized spacial score (nSPS) is 17.8. The fourth-order valence-electron chi connectivity index (χ4n) is 3.35. The van der Waals surface area contributed by atoms with Gasteiger partial charge in [0, 0.05) is 11.5 Å². The van der Waals surface area contributed by atoms with Gasteiger partial charge in [-0.1, -0.05) is 52.0 Å². The Hall–Kier alpha value is -1.86. The monoisotopic (exact) mass is 342 g/mol. The van der Waals surface area contributed by atoms with E-state index >= 15 is 0 Å². The van der Waals surface area contributed by atoms with Gasteiger partial charge < -0.3 is 10.6 Å². The van der Waals surface area contributed by atoms with Gasteiger partial charge in [-0.3, -0.25) is 4.79 Å². The molecule has 0 spiro atoms. The standard InChI is InChI=1S/C21H31N3O/c1-14(2)16-6-8-17(9-7-16)20(15(3)4)23-12-19(25)24-21(5,13-22)18-10-11-18/h6-9,14-15,18,20,23H,10-12H2,1-5H3,(H,24,25)/p+1/t20-,21-/m0/s1. The summed E-state index contributed by atoms with van der Waals surface area (Å²) in [7, 11) is 0. The second-order valence-electron chi connectivity index (χ2n) is 8.17. The van der Waals surface area contributed by atoms with Crippen LogP contribution in [0.25, 0.3) is 0 Å². The van der Waals surface area contributed by atoms with Gasteiger partial charge in [0.2, 0.25) is 0 Å². The summed E-state index contributed by atoms with van der Waals surface area (Å²) in [4.78, 5) is 12.4. The Balaban J connectivity index is 1.97. The minimum atomic E-state index is -0.711. The lowest BCUT2D eigenvalue weighted by molar-refractivity contribution is -0.692.